The van der Waals surface area contributed by atoms with Gasteiger partial charge in [-0.05, 0) is 47.5 Å². The van der Waals surface area contributed by atoms with Crippen LogP contribution < -0.4 is 4.74 Å². The van der Waals surface area contributed by atoms with Crippen molar-refractivity contribution in [2.45, 2.75) is 13.1 Å². The van der Waals surface area contributed by atoms with Gasteiger partial charge < -0.3 is 9.64 Å². The lowest BCUT2D eigenvalue weighted by Gasteiger charge is -2.16. The van der Waals surface area contributed by atoms with Crippen molar-refractivity contribution < 1.29 is 9.53 Å². The topological polar surface area (TPSA) is 29.5 Å². The van der Waals surface area contributed by atoms with E-state index in [9.17, 15) is 4.79 Å². The molecule has 1 amide bonds. The first-order valence-electron chi connectivity index (χ1n) is 8.96. The van der Waals surface area contributed by atoms with Gasteiger partial charge >= 0.3 is 0 Å². The Kier molecular flexibility index (Phi) is 5.06. The molecule has 1 heterocycles. The van der Waals surface area contributed by atoms with E-state index in [2.05, 4.69) is 24.0 Å². The minimum Gasteiger partial charge on any atom is -0.495 e. The molecular formula is C24H18ClNO2. The van der Waals surface area contributed by atoms with Crippen molar-refractivity contribution in [2.24, 2.45) is 0 Å². The molecule has 0 aromatic heterocycles. The van der Waals surface area contributed by atoms with Crippen molar-refractivity contribution >= 4 is 17.5 Å². The van der Waals surface area contributed by atoms with Gasteiger partial charge in [-0.1, -0.05) is 53.8 Å². The van der Waals surface area contributed by atoms with Gasteiger partial charge in [-0.2, -0.15) is 0 Å². The molecule has 0 saturated carbocycles. The van der Waals surface area contributed by atoms with Crippen LogP contribution >= 0.6 is 11.6 Å². The summed E-state index contributed by atoms with van der Waals surface area (Å²) in [5.74, 6) is 6.82. The summed E-state index contributed by atoms with van der Waals surface area (Å²) < 4.78 is 5.41. The summed E-state index contributed by atoms with van der Waals surface area (Å²) in [5.41, 5.74) is 4.48. The Balaban J connectivity index is 1.61. The number of carbonyl (C=O) groups is 1. The Morgan fingerprint density at radius 1 is 0.964 bits per heavy atom. The molecule has 0 bridgehead atoms. The molecule has 1 aliphatic heterocycles. The van der Waals surface area contributed by atoms with Gasteiger partial charge in [0, 0.05) is 29.2 Å². The first-order chi connectivity index (χ1) is 13.6. The molecule has 1 aliphatic rings. The maximum absolute atomic E-state index is 13.0. The summed E-state index contributed by atoms with van der Waals surface area (Å²) in [7, 11) is 1.60. The second-order valence-electron chi connectivity index (χ2n) is 6.61. The summed E-state index contributed by atoms with van der Waals surface area (Å²) in [6, 6.07) is 20.9. The Hall–Kier alpha value is -3.22. The van der Waals surface area contributed by atoms with Crippen molar-refractivity contribution in [2.75, 3.05) is 7.11 Å². The number of methoxy groups -OCH3 is 1. The summed E-state index contributed by atoms with van der Waals surface area (Å²) in [4.78, 5) is 14.9. The first kappa shape index (κ1) is 18.2. The molecule has 0 N–H and O–H groups in total. The van der Waals surface area contributed by atoms with E-state index in [-0.39, 0.29) is 5.91 Å². The van der Waals surface area contributed by atoms with Crippen LogP contribution in [0.5, 0.6) is 5.75 Å². The van der Waals surface area contributed by atoms with Gasteiger partial charge in [0.2, 0.25) is 0 Å². The second kappa shape index (κ2) is 7.80. The van der Waals surface area contributed by atoms with Crippen LogP contribution in [0.3, 0.4) is 0 Å². The molecule has 4 rings (SSSR count). The Morgan fingerprint density at radius 2 is 1.71 bits per heavy atom. The zero-order valence-corrected chi connectivity index (χ0v) is 16.2. The van der Waals surface area contributed by atoms with Crippen LogP contribution in [-0.4, -0.2) is 17.9 Å². The maximum Gasteiger partial charge on any atom is 0.254 e. The molecule has 0 atom stereocenters. The molecule has 3 aromatic carbocycles. The molecule has 0 radical (unpaired) electrons. The molecule has 0 saturated heterocycles. The molecule has 0 aliphatic carbocycles. The third-order valence-corrected chi connectivity index (χ3v) is 4.98. The van der Waals surface area contributed by atoms with Gasteiger partial charge in [0.15, 0.2) is 0 Å². The highest BCUT2D eigenvalue weighted by atomic mass is 35.5. The van der Waals surface area contributed by atoms with E-state index >= 15 is 0 Å². The molecular weight excluding hydrogens is 370 g/mol. The summed E-state index contributed by atoms with van der Waals surface area (Å²) >= 11 is 6.02. The lowest BCUT2D eigenvalue weighted by Crippen LogP contribution is -2.25. The fraction of sp³-hybridized carbons (Fsp3) is 0.125. The highest BCUT2D eigenvalue weighted by molar-refractivity contribution is 6.30. The number of nitrogens with zero attached hydrogens (tertiary/aromatic N) is 1. The lowest BCUT2D eigenvalue weighted by molar-refractivity contribution is 0.0751. The van der Waals surface area contributed by atoms with Gasteiger partial charge in [0.05, 0.1) is 12.7 Å². The van der Waals surface area contributed by atoms with E-state index in [1.807, 2.05) is 29.2 Å². The van der Waals surface area contributed by atoms with Crippen LogP contribution in [-0.2, 0) is 13.1 Å². The maximum atomic E-state index is 13.0. The molecule has 0 fully saturated rings. The standard InChI is InChI=1S/C24H18ClNO2/c1-28-23-12-11-19(14-18(23)10-9-17-5-4-8-22(25)13-17)24(27)26-15-20-6-2-3-7-21(20)16-26/h2-8,11-14H,15-16H2,1H3. The predicted octanol–water partition coefficient (Wildman–Crippen LogP) is 4.90. The smallest absolute Gasteiger partial charge is 0.254 e. The molecule has 0 spiro atoms. The molecule has 28 heavy (non-hydrogen) atoms. The summed E-state index contributed by atoms with van der Waals surface area (Å²) in [5, 5.41) is 0.635. The number of fused-ring (bicyclic) bond motifs is 1. The van der Waals surface area contributed by atoms with Crippen LogP contribution in [0.2, 0.25) is 5.02 Å². The zero-order chi connectivity index (χ0) is 19.5. The van der Waals surface area contributed by atoms with Gasteiger partial charge in [-0.3, -0.25) is 4.79 Å². The minimum absolute atomic E-state index is 0.00958. The number of ether oxygens (including phenoxy) is 1. The number of hydrogen-bond donors (Lipinski definition) is 0. The van der Waals surface area contributed by atoms with Gasteiger partial charge in [-0.25, -0.2) is 0 Å². The van der Waals surface area contributed by atoms with Gasteiger partial charge in [0.25, 0.3) is 5.91 Å². The lowest BCUT2D eigenvalue weighted by atomic mass is 10.1. The Labute approximate surface area is 169 Å². The van der Waals surface area contributed by atoms with E-state index in [0.29, 0.717) is 35.0 Å². The molecule has 0 unspecified atom stereocenters. The largest absolute Gasteiger partial charge is 0.495 e. The van der Waals surface area contributed by atoms with Crippen LogP contribution in [0.15, 0.2) is 66.7 Å². The van der Waals surface area contributed by atoms with Gasteiger partial charge in [-0.15, -0.1) is 0 Å². The zero-order valence-electron chi connectivity index (χ0n) is 15.4. The van der Waals surface area contributed by atoms with Crippen LogP contribution in [0, 0.1) is 11.8 Å². The SMILES string of the molecule is COc1ccc(C(=O)N2Cc3ccccc3C2)cc1C#Cc1cccc(Cl)c1. The van der Waals surface area contributed by atoms with Crippen LogP contribution in [0.1, 0.15) is 32.6 Å². The van der Waals surface area contributed by atoms with E-state index in [4.69, 9.17) is 16.3 Å². The molecule has 3 aromatic rings. The third-order valence-electron chi connectivity index (χ3n) is 4.74. The van der Waals surface area contributed by atoms with Crippen molar-refractivity contribution in [1.29, 1.82) is 0 Å². The first-order valence-corrected chi connectivity index (χ1v) is 9.33. The summed E-state index contributed by atoms with van der Waals surface area (Å²) in [6.07, 6.45) is 0. The van der Waals surface area contributed by atoms with Crippen molar-refractivity contribution in [3.63, 3.8) is 0 Å². The third kappa shape index (κ3) is 3.74. The highest BCUT2D eigenvalue weighted by Crippen LogP contribution is 2.26. The fourth-order valence-corrected chi connectivity index (χ4v) is 3.49. The Bertz CT molecular complexity index is 1090. The molecule has 138 valence electrons. The van der Waals surface area contributed by atoms with Crippen molar-refractivity contribution in [3.8, 4) is 17.6 Å². The van der Waals surface area contributed by atoms with E-state index in [1.165, 1.54) is 11.1 Å². The second-order valence-corrected chi connectivity index (χ2v) is 7.04. The highest BCUT2D eigenvalue weighted by Gasteiger charge is 2.24. The average molecular weight is 388 g/mol. The van der Waals surface area contributed by atoms with Crippen LogP contribution in [0.25, 0.3) is 0 Å². The van der Waals surface area contributed by atoms with Gasteiger partial charge in [0.1, 0.15) is 5.75 Å². The normalized spacial score (nSPS) is 12.1. The predicted molar refractivity (Wildman–Crippen MR) is 110 cm³/mol. The van der Waals surface area contributed by atoms with E-state index in [1.54, 1.807) is 37.4 Å². The number of halogens is 1. The summed E-state index contributed by atoms with van der Waals surface area (Å²) in [6.45, 7) is 1.26. The van der Waals surface area contributed by atoms with Crippen LogP contribution in [0.4, 0.5) is 0 Å². The molecule has 3 nitrogen and oxygen atoms in total. The number of carbonyl (C=O) groups excluding carboxylic acids is 1. The minimum atomic E-state index is -0.00958. The average Bonchev–Trinajstić information content (AvgIpc) is 3.16. The quantitative estimate of drug-likeness (QED) is 0.585. The monoisotopic (exact) mass is 387 g/mol. The number of hydrogen-bond acceptors (Lipinski definition) is 2. The van der Waals surface area contributed by atoms with Crippen molar-refractivity contribution in [3.05, 3.63) is 99.6 Å². The fourth-order valence-electron chi connectivity index (χ4n) is 3.30. The molecule has 4 heteroatoms. The number of rotatable bonds is 2. The Morgan fingerprint density at radius 3 is 2.39 bits per heavy atom. The number of amides is 1. The number of benzene rings is 3. The van der Waals surface area contributed by atoms with Crippen molar-refractivity contribution in [1.82, 2.24) is 4.90 Å². The van der Waals surface area contributed by atoms with E-state index < -0.39 is 0 Å². The van der Waals surface area contributed by atoms with E-state index in [0.717, 1.165) is 5.56 Å².